The number of aliphatic hydroxyl groups excluding tert-OH is 1. The van der Waals surface area contributed by atoms with E-state index >= 15 is 0 Å². The number of aliphatic hydroxyl groups is 1. The number of carbonyl (C=O) groups excluding carboxylic acids is 2. The van der Waals surface area contributed by atoms with Gasteiger partial charge < -0.3 is 10.4 Å². The van der Waals surface area contributed by atoms with Crippen LogP contribution in [0.25, 0.3) is 0 Å². The Bertz CT molecular complexity index is 1270. The number of hydrogen-bond acceptors (Lipinski definition) is 5. The molecule has 4 rings (SSSR count). The van der Waals surface area contributed by atoms with Crippen LogP contribution in [0.1, 0.15) is 44.7 Å². The van der Waals surface area contributed by atoms with Gasteiger partial charge in [-0.25, -0.2) is 9.82 Å². The average Bonchev–Trinajstić information content (AvgIpc) is 2.90. The number of carbonyl (C=O) groups is 2. The zero-order valence-corrected chi connectivity index (χ0v) is 21.7. The van der Waals surface area contributed by atoms with Crippen molar-refractivity contribution in [1.82, 2.24) is 10.3 Å². The van der Waals surface area contributed by atoms with E-state index in [1.165, 1.54) is 18.3 Å². The topological polar surface area (TPSA) is 94.0 Å². The zero-order chi connectivity index (χ0) is 26.2. The lowest BCUT2D eigenvalue weighted by molar-refractivity contribution is 0.0956. The summed E-state index contributed by atoms with van der Waals surface area (Å²) >= 11 is 3.36. The van der Waals surface area contributed by atoms with Crippen LogP contribution >= 0.6 is 15.9 Å². The van der Waals surface area contributed by atoms with Crippen LogP contribution in [0.4, 0.5) is 10.1 Å². The molecule has 9 heteroatoms. The van der Waals surface area contributed by atoms with Gasteiger partial charge in [0.25, 0.3) is 11.8 Å². The summed E-state index contributed by atoms with van der Waals surface area (Å²) in [5.74, 6) is -0.865. The molecule has 1 saturated heterocycles. The van der Waals surface area contributed by atoms with Crippen molar-refractivity contribution in [1.29, 1.82) is 0 Å². The lowest BCUT2D eigenvalue weighted by Gasteiger charge is -2.31. The molecular formula is C28H28BrFN4O3. The van der Waals surface area contributed by atoms with Gasteiger partial charge in [-0.05, 0) is 85.4 Å². The number of rotatable bonds is 8. The van der Waals surface area contributed by atoms with Crippen LogP contribution in [0.2, 0.25) is 0 Å². The van der Waals surface area contributed by atoms with E-state index in [1.807, 2.05) is 12.1 Å². The van der Waals surface area contributed by atoms with Crippen molar-refractivity contribution in [2.24, 2.45) is 11.0 Å². The van der Waals surface area contributed by atoms with Gasteiger partial charge in [-0.1, -0.05) is 40.2 Å². The number of hydrogen-bond donors (Lipinski definition) is 3. The van der Waals surface area contributed by atoms with Crippen LogP contribution in [0.3, 0.4) is 0 Å². The molecule has 0 bridgehead atoms. The van der Waals surface area contributed by atoms with Gasteiger partial charge in [0.2, 0.25) is 0 Å². The van der Waals surface area contributed by atoms with Crippen molar-refractivity contribution in [2.75, 3.05) is 25.0 Å². The van der Waals surface area contributed by atoms with Crippen molar-refractivity contribution in [3.05, 3.63) is 99.3 Å². The SMILES string of the molecule is O=C(Nc1ccc(Br)cc1C(=O)NN=Cc1cccc(F)c1)c1ccc(CN2CCC(CO)CC2)cc1. The Balaban J connectivity index is 1.38. The smallest absolute Gasteiger partial charge is 0.273 e. The maximum atomic E-state index is 13.3. The van der Waals surface area contributed by atoms with E-state index in [2.05, 4.69) is 36.7 Å². The van der Waals surface area contributed by atoms with E-state index in [-0.39, 0.29) is 18.1 Å². The number of benzene rings is 3. The summed E-state index contributed by atoms with van der Waals surface area (Å²) in [6.07, 6.45) is 3.33. The predicted octanol–water partition coefficient (Wildman–Crippen LogP) is 4.81. The molecule has 1 aliphatic heterocycles. The molecule has 3 N–H and O–H groups in total. The van der Waals surface area contributed by atoms with Crippen molar-refractivity contribution >= 4 is 39.6 Å². The number of piperidine rings is 1. The molecule has 0 unspecified atom stereocenters. The van der Waals surface area contributed by atoms with E-state index < -0.39 is 11.7 Å². The normalized spacial score (nSPS) is 14.6. The number of amides is 2. The molecular weight excluding hydrogens is 539 g/mol. The Morgan fingerprint density at radius 2 is 1.81 bits per heavy atom. The fourth-order valence-electron chi connectivity index (χ4n) is 4.17. The summed E-state index contributed by atoms with van der Waals surface area (Å²) in [6, 6.07) is 18.2. The average molecular weight is 567 g/mol. The minimum absolute atomic E-state index is 0.224. The third kappa shape index (κ3) is 7.55. The highest BCUT2D eigenvalue weighted by Gasteiger charge is 2.19. The second kappa shape index (κ2) is 12.7. The van der Waals surface area contributed by atoms with Gasteiger partial charge in [0, 0.05) is 23.2 Å². The van der Waals surface area contributed by atoms with E-state index in [1.54, 1.807) is 42.5 Å². The van der Waals surface area contributed by atoms with Crippen LogP contribution in [-0.4, -0.2) is 47.7 Å². The molecule has 1 fully saturated rings. The van der Waals surface area contributed by atoms with Crippen LogP contribution < -0.4 is 10.7 Å². The molecule has 0 radical (unpaired) electrons. The first kappa shape index (κ1) is 26.7. The van der Waals surface area contributed by atoms with E-state index in [9.17, 15) is 19.1 Å². The van der Waals surface area contributed by atoms with Crippen LogP contribution in [-0.2, 0) is 6.54 Å². The molecule has 1 aliphatic rings. The van der Waals surface area contributed by atoms with E-state index in [0.29, 0.717) is 27.2 Å². The molecule has 1 heterocycles. The molecule has 192 valence electrons. The number of anilines is 1. The second-order valence-electron chi connectivity index (χ2n) is 9.00. The number of nitrogens with zero attached hydrogens (tertiary/aromatic N) is 2. The maximum Gasteiger partial charge on any atom is 0.273 e. The molecule has 7 nitrogen and oxygen atoms in total. The Labute approximate surface area is 223 Å². The second-order valence-corrected chi connectivity index (χ2v) is 9.91. The first-order valence-electron chi connectivity index (χ1n) is 12.0. The highest BCUT2D eigenvalue weighted by molar-refractivity contribution is 9.10. The molecule has 0 atom stereocenters. The fraction of sp³-hybridized carbons (Fsp3) is 0.250. The van der Waals surface area contributed by atoms with E-state index in [0.717, 1.165) is 38.0 Å². The monoisotopic (exact) mass is 566 g/mol. The quantitative estimate of drug-likeness (QED) is 0.269. The number of hydrazone groups is 1. The van der Waals surface area contributed by atoms with Gasteiger partial charge in [-0.2, -0.15) is 5.10 Å². The summed E-state index contributed by atoms with van der Waals surface area (Å²) in [6.45, 7) is 2.96. The Morgan fingerprint density at radius 3 is 2.51 bits per heavy atom. The lowest BCUT2D eigenvalue weighted by atomic mass is 9.97. The molecule has 0 aromatic heterocycles. The molecule has 37 heavy (non-hydrogen) atoms. The van der Waals surface area contributed by atoms with Crippen molar-refractivity contribution in [3.63, 3.8) is 0 Å². The third-order valence-corrected chi connectivity index (χ3v) is 6.78. The molecule has 0 saturated carbocycles. The first-order chi connectivity index (χ1) is 17.9. The highest BCUT2D eigenvalue weighted by Crippen LogP contribution is 2.23. The Hall–Kier alpha value is -3.40. The third-order valence-electron chi connectivity index (χ3n) is 6.29. The molecule has 2 amide bonds. The van der Waals surface area contributed by atoms with Crippen LogP contribution in [0.5, 0.6) is 0 Å². The van der Waals surface area contributed by atoms with Crippen LogP contribution in [0.15, 0.2) is 76.3 Å². The minimum Gasteiger partial charge on any atom is -0.396 e. The van der Waals surface area contributed by atoms with Gasteiger partial charge in [-0.3, -0.25) is 14.5 Å². The summed E-state index contributed by atoms with van der Waals surface area (Å²) < 4.78 is 14.0. The summed E-state index contributed by atoms with van der Waals surface area (Å²) in [4.78, 5) is 28.1. The van der Waals surface area contributed by atoms with Crippen molar-refractivity contribution in [3.8, 4) is 0 Å². The number of nitrogens with one attached hydrogen (secondary N) is 2. The summed E-state index contributed by atoms with van der Waals surface area (Å²) in [5.41, 5.74) is 5.06. The molecule has 3 aromatic rings. The Morgan fingerprint density at radius 1 is 1.05 bits per heavy atom. The summed E-state index contributed by atoms with van der Waals surface area (Å²) in [7, 11) is 0. The lowest BCUT2D eigenvalue weighted by Crippen LogP contribution is -2.34. The largest absolute Gasteiger partial charge is 0.396 e. The maximum absolute atomic E-state index is 13.3. The minimum atomic E-state index is -0.524. The van der Waals surface area contributed by atoms with Gasteiger partial charge in [0.15, 0.2) is 0 Å². The predicted molar refractivity (Wildman–Crippen MR) is 145 cm³/mol. The first-order valence-corrected chi connectivity index (χ1v) is 12.8. The number of halogens is 2. The fourth-order valence-corrected chi connectivity index (χ4v) is 4.53. The van der Waals surface area contributed by atoms with Crippen LogP contribution in [0, 0.1) is 11.7 Å². The number of likely N-dealkylation sites (tertiary alicyclic amines) is 1. The van der Waals surface area contributed by atoms with Crippen molar-refractivity contribution in [2.45, 2.75) is 19.4 Å². The molecule has 3 aromatic carbocycles. The molecule has 0 spiro atoms. The Kier molecular flexibility index (Phi) is 9.16. The van der Waals surface area contributed by atoms with Gasteiger partial charge >= 0.3 is 0 Å². The van der Waals surface area contributed by atoms with Gasteiger partial charge in [0.05, 0.1) is 17.5 Å². The van der Waals surface area contributed by atoms with Gasteiger partial charge in [0.1, 0.15) is 5.82 Å². The molecule has 0 aliphatic carbocycles. The standard InChI is InChI=1S/C28H28BrFN4O3/c29-23-8-9-26(25(15-23)28(37)33-31-16-21-2-1-3-24(30)14-21)32-27(36)22-6-4-19(5-7-22)17-34-12-10-20(18-35)11-13-34/h1-9,14-16,20,35H,10-13,17-18H2,(H,32,36)(H,33,37). The zero-order valence-electron chi connectivity index (χ0n) is 20.2. The summed E-state index contributed by atoms with van der Waals surface area (Å²) in [5, 5.41) is 16.0. The van der Waals surface area contributed by atoms with Crippen molar-refractivity contribution < 1.29 is 19.1 Å². The highest BCUT2D eigenvalue weighted by atomic mass is 79.9. The van der Waals surface area contributed by atoms with Gasteiger partial charge in [-0.15, -0.1) is 0 Å². The van der Waals surface area contributed by atoms with E-state index in [4.69, 9.17) is 0 Å².